The predicted octanol–water partition coefficient (Wildman–Crippen LogP) is 4.62. The molecule has 1 aliphatic heterocycles. The van der Waals surface area contributed by atoms with Gasteiger partial charge in [-0.15, -0.1) is 0 Å². The molecule has 0 aliphatic carbocycles. The van der Waals surface area contributed by atoms with Crippen molar-refractivity contribution in [1.82, 2.24) is 5.16 Å². The molecule has 1 aliphatic rings. The van der Waals surface area contributed by atoms with Gasteiger partial charge in [-0.2, -0.15) is 0 Å². The van der Waals surface area contributed by atoms with Gasteiger partial charge in [0.25, 0.3) is 5.91 Å². The molecule has 32 heavy (non-hydrogen) atoms. The lowest BCUT2D eigenvalue weighted by molar-refractivity contribution is 0.0969. The molecule has 0 saturated heterocycles. The van der Waals surface area contributed by atoms with Gasteiger partial charge in [-0.05, 0) is 31.2 Å². The summed E-state index contributed by atoms with van der Waals surface area (Å²) in [6, 6.07) is 11.1. The molecule has 0 unspecified atom stereocenters. The third-order valence-electron chi connectivity index (χ3n) is 5.42. The number of fused-ring (bicyclic) bond motifs is 2. The number of benzene rings is 2. The minimum absolute atomic E-state index is 0.0413. The Labute approximate surface area is 190 Å². The Morgan fingerprint density at radius 3 is 2.59 bits per heavy atom. The first-order valence-electron chi connectivity index (χ1n) is 9.68. The minimum Gasteiger partial charge on any atom is -0.493 e. The number of ether oxygens (including phenoxy) is 2. The number of nitrogens with zero attached hydrogens (tertiary/aromatic N) is 2. The molecule has 5 rings (SSSR count). The molecule has 1 atom stereocenters. The van der Waals surface area contributed by atoms with Crippen molar-refractivity contribution in [3.63, 3.8) is 0 Å². The molecule has 2 aromatic carbocycles. The predicted molar refractivity (Wildman–Crippen MR) is 120 cm³/mol. The van der Waals surface area contributed by atoms with Crippen LogP contribution >= 0.6 is 15.9 Å². The van der Waals surface area contributed by atoms with Gasteiger partial charge < -0.3 is 18.4 Å². The summed E-state index contributed by atoms with van der Waals surface area (Å²) in [7, 11) is 3.02. The van der Waals surface area contributed by atoms with Crippen LogP contribution in [0, 0.1) is 6.92 Å². The topological polar surface area (TPSA) is 95.0 Å². The van der Waals surface area contributed by atoms with Crippen LogP contribution in [0.2, 0.25) is 0 Å². The molecule has 0 radical (unpaired) electrons. The monoisotopic (exact) mass is 496 g/mol. The number of aromatic nitrogens is 1. The lowest BCUT2D eigenvalue weighted by Gasteiger charge is -2.24. The van der Waals surface area contributed by atoms with Crippen LogP contribution in [0.5, 0.6) is 11.5 Å². The second-order valence-electron chi connectivity index (χ2n) is 7.27. The number of anilines is 1. The van der Waals surface area contributed by atoms with Crippen molar-refractivity contribution >= 4 is 38.6 Å². The van der Waals surface area contributed by atoms with Crippen molar-refractivity contribution in [3.8, 4) is 11.5 Å². The van der Waals surface area contributed by atoms with Gasteiger partial charge in [0, 0.05) is 16.1 Å². The number of carbonyl (C=O) groups excluding carboxylic acids is 1. The molecule has 0 N–H and O–H groups in total. The summed E-state index contributed by atoms with van der Waals surface area (Å²) in [4.78, 5) is 28.6. The van der Waals surface area contributed by atoms with Gasteiger partial charge in [-0.1, -0.05) is 33.2 Å². The van der Waals surface area contributed by atoms with E-state index in [1.54, 1.807) is 49.4 Å². The summed E-state index contributed by atoms with van der Waals surface area (Å²) >= 11 is 3.40. The van der Waals surface area contributed by atoms with Gasteiger partial charge >= 0.3 is 0 Å². The number of methoxy groups -OCH3 is 2. The molecule has 4 aromatic rings. The first kappa shape index (κ1) is 20.3. The van der Waals surface area contributed by atoms with E-state index in [4.69, 9.17) is 18.4 Å². The van der Waals surface area contributed by atoms with E-state index < -0.39 is 11.9 Å². The molecule has 162 valence electrons. The summed E-state index contributed by atoms with van der Waals surface area (Å²) in [5.41, 5.74) is 0.766. The highest BCUT2D eigenvalue weighted by molar-refractivity contribution is 9.10. The molecule has 0 fully saturated rings. The van der Waals surface area contributed by atoms with Crippen LogP contribution < -0.4 is 19.8 Å². The summed E-state index contributed by atoms with van der Waals surface area (Å²) in [6.07, 6.45) is 0. The lowest BCUT2D eigenvalue weighted by Crippen LogP contribution is -2.30. The zero-order chi connectivity index (χ0) is 22.6. The van der Waals surface area contributed by atoms with Crippen LogP contribution in [0.25, 0.3) is 11.0 Å². The summed E-state index contributed by atoms with van der Waals surface area (Å²) in [5.74, 6) is 1.12. The number of hydrogen-bond acceptors (Lipinski definition) is 7. The molecule has 2 aromatic heterocycles. The maximum absolute atomic E-state index is 13.7. The highest BCUT2D eigenvalue weighted by Crippen LogP contribution is 2.46. The molecular formula is C23H17BrN2O6. The molecule has 9 heteroatoms. The highest BCUT2D eigenvalue weighted by Gasteiger charge is 2.46. The van der Waals surface area contributed by atoms with Crippen molar-refractivity contribution < 1.29 is 23.2 Å². The quantitative estimate of drug-likeness (QED) is 0.406. The first-order chi connectivity index (χ1) is 15.4. The molecule has 0 spiro atoms. The number of halogens is 1. The van der Waals surface area contributed by atoms with Gasteiger partial charge in [0.05, 0.1) is 25.2 Å². The maximum atomic E-state index is 13.7. The summed E-state index contributed by atoms with van der Waals surface area (Å²) < 4.78 is 23.0. The Morgan fingerprint density at radius 2 is 1.91 bits per heavy atom. The molecule has 0 saturated carbocycles. The summed E-state index contributed by atoms with van der Waals surface area (Å²) in [5, 5.41) is 4.38. The fourth-order valence-corrected chi connectivity index (χ4v) is 4.43. The Bertz CT molecular complexity index is 1440. The Balaban J connectivity index is 1.86. The number of hydrogen-bond donors (Lipinski definition) is 0. The van der Waals surface area contributed by atoms with Gasteiger partial charge in [0.15, 0.2) is 22.7 Å². The second-order valence-corrected chi connectivity index (χ2v) is 8.19. The van der Waals surface area contributed by atoms with Crippen LogP contribution in [0.1, 0.15) is 33.5 Å². The third kappa shape index (κ3) is 2.92. The number of para-hydroxylation sites is 1. The zero-order valence-electron chi connectivity index (χ0n) is 17.3. The molecule has 3 heterocycles. The Hall–Kier alpha value is -3.59. The van der Waals surface area contributed by atoms with Crippen LogP contribution in [0.3, 0.4) is 0 Å². The number of rotatable bonds is 4. The van der Waals surface area contributed by atoms with Crippen molar-refractivity contribution in [2.24, 2.45) is 0 Å². The Kier molecular flexibility index (Phi) is 4.78. The lowest BCUT2D eigenvalue weighted by atomic mass is 9.97. The Morgan fingerprint density at radius 1 is 1.09 bits per heavy atom. The van der Waals surface area contributed by atoms with E-state index in [1.807, 2.05) is 0 Å². The molecule has 1 amide bonds. The molecule has 8 nitrogen and oxygen atoms in total. The van der Waals surface area contributed by atoms with Gasteiger partial charge in [0.2, 0.25) is 5.76 Å². The summed E-state index contributed by atoms with van der Waals surface area (Å²) in [6.45, 7) is 1.72. The minimum atomic E-state index is -0.855. The van der Waals surface area contributed by atoms with Crippen LogP contribution in [-0.2, 0) is 0 Å². The van der Waals surface area contributed by atoms with E-state index in [2.05, 4.69) is 21.1 Å². The van der Waals surface area contributed by atoms with Gasteiger partial charge in [-0.3, -0.25) is 14.5 Å². The van der Waals surface area contributed by atoms with E-state index in [-0.39, 0.29) is 22.6 Å². The molecular weight excluding hydrogens is 480 g/mol. The number of carbonyl (C=O) groups is 1. The number of amides is 1. The van der Waals surface area contributed by atoms with E-state index in [0.717, 1.165) is 4.47 Å². The third-order valence-corrected chi connectivity index (χ3v) is 5.92. The van der Waals surface area contributed by atoms with Crippen LogP contribution in [0.15, 0.2) is 60.7 Å². The van der Waals surface area contributed by atoms with Crippen LogP contribution in [-0.4, -0.2) is 25.3 Å². The van der Waals surface area contributed by atoms with E-state index in [9.17, 15) is 9.59 Å². The zero-order valence-corrected chi connectivity index (χ0v) is 18.9. The standard InChI is InChI=1S/C23H17BrN2O6/c1-11-9-17(25-32-11)26-19(13-5-4-6-16(29-2)21(13)30-3)18-20(27)14-10-12(24)7-8-15(14)31-22(18)23(26)28/h4-10,19H,1-3H3/t19-/m0/s1. The van der Waals surface area contributed by atoms with E-state index in [1.165, 1.54) is 19.1 Å². The van der Waals surface area contributed by atoms with E-state index in [0.29, 0.717) is 33.8 Å². The number of aryl methyl sites for hydroxylation is 1. The second kappa shape index (κ2) is 7.52. The SMILES string of the molecule is COc1cccc([C@H]2c3c(oc4ccc(Br)cc4c3=O)C(=O)N2c2cc(C)on2)c1OC. The maximum Gasteiger partial charge on any atom is 0.296 e. The average Bonchev–Trinajstić information content (AvgIpc) is 3.34. The first-order valence-corrected chi connectivity index (χ1v) is 10.5. The van der Waals surface area contributed by atoms with Crippen molar-refractivity contribution in [1.29, 1.82) is 0 Å². The normalized spacial score (nSPS) is 15.3. The molecule has 0 bridgehead atoms. The van der Waals surface area contributed by atoms with Gasteiger partial charge in [0.1, 0.15) is 17.4 Å². The van der Waals surface area contributed by atoms with Crippen LogP contribution in [0.4, 0.5) is 5.82 Å². The van der Waals surface area contributed by atoms with E-state index >= 15 is 0 Å². The largest absolute Gasteiger partial charge is 0.493 e. The van der Waals surface area contributed by atoms with Crippen molar-refractivity contribution in [2.45, 2.75) is 13.0 Å². The highest BCUT2D eigenvalue weighted by atomic mass is 79.9. The van der Waals surface area contributed by atoms with Crippen molar-refractivity contribution in [3.05, 3.63) is 79.8 Å². The fraction of sp³-hybridized carbons (Fsp3) is 0.174. The fourth-order valence-electron chi connectivity index (χ4n) is 4.07. The average molecular weight is 497 g/mol. The van der Waals surface area contributed by atoms with Crippen molar-refractivity contribution in [2.75, 3.05) is 19.1 Å². The smallest absolute Gasteiger partial charge is 0.296 e. The van der Waals surface area contributed by atoms with Gasteiger partial charge in [-0.25, -0.2) is 0 Å².